The molecule has 0 atom stereocenters. The van der Waals surface area contributed by atoms with Crippen molar-refractivity contribution in [2.24, 2.45) is 0 Å². The van der Waals surface area contributed by atoms with Crippen LogP contribution in [0.25, 0.3) is 6.08 Å². The van der Waals surface area contributed by atoms with Gasteiger partial charge in [-0.05, 0) is 30.2 Å². The SMILES string of the molecule is CCCCCN1C(=O)C(=Cc2ccc(O)c(OC)c2)SC1=S. The van der Waals surface area contributed by atoms with Gasteiger partial charge in [-0.2, -0.15) is 0 Å². The number of hydrogen-bond donors (Lipinski definition) is 1. The number of aromatic hydroxyl groups is 1. The van der Waals surface area contributed by atoms with Gasteiger partial charge in [0.2, 0.25) is 0 Å². The topological polar surface area (TPSA) is 49.8 Å². The molecule has 0 saturated carbocycles. The molecule has 1 aliphatic rings. The van der Waals surface area contributed by atoms with Gasteiger partial charge in [0.25, 0.3) is 5.91 Å². The normalized spacial score (nSPS) is 16.6. The van der Waals surface area contributed by atoms with Crippen LogP contribution in [0.3, 0.4) is 0 Å². The zero-order valence-electron chi connectivity index (χ0n) is 12.7. The molecular formula is C16H19NO3S2. The highest BCUT2D eigenvalue weighted by Crippen LogP contribution is 2.34. The Morgan fingerprint density at radius 3 is 2.86 bits per heavy atom. The van der Waals surface area contributed by atoms with Crippen molar-refractivity contribution in [1.82, 2.24) is 4.90 Å². The monoisotopic (exact) mass is 337 g/mol. The third kappa shape index (κ3) is 3.81. The number of thiocarbonyl (C=S) groups is 1. The molecular weight excluding hydrogens is 318 g/mol. The first-order valence-corrected chi connectivity index (χ1v) is 8.41. The molecule has 1 amide bonds. The number of thioether (sulfide) groups is 1. The van der Waals surface area contributed by atoms with Crippen molar-refractivity contribution in [3.8, 4) is 11.5 Å². The zero-order chi connectivity index (χ0) is 16.1. The predicted octanol–water partition coefficient (Wildman–Crippen LogP) is 3.79. The van der Waals surface area contributed by atoms with Gasteiger partial charge in [-0.25, -0.2) is 0 Å². The van der Waals surface area contributed by atoms with Gasteiger partial charge in [0.05, 0.1) is 12.0 Å². The second kappa shape index (κ2) is 7.65. The Labute approximate surface area is 140 Å². The first kappa shape index (κ1) is 16.8. The summed E-state index contributed by atoms with van der Waals surface area (Å²) >= 11 is 6.61. The van der Waals surface area contributed by atoms with E-state index in [4.69, 9.17) is 17.0 Å². The zero-order valence-corrected chi connectivity index (χ0v) is 14.3. The first-order chi connectivity index (χ1) is 10.6. The fourth-order valence-corrected chi connectivity index (χ4v) is 3.46. The van der Waals surface area contributed by atoms with E-state index in [1.54, 1.807) is 29.2 Å². The van der Waals surface area contributed by atoms with Crippen LogP contribution in [-0.4, -0.2) is 33.9 Å². The van der Waals surface area contributed by atoms with Crippen LogP contribution >= 0.6 is 24.0 Å². The molecule has 0 bridgehead atoms. The van der Waals surface area contributed by atoms with Gasteiger partial charge in [0, 0.05) is 6.54 Å². The number of amides is 1. The second-order valence-electron chi connectivity index (χ2n) is 4.97. The van der Waals surface area contributed by atoms with E-state index in [2.05, 4.69) is 6.92 Å². The number of phenols is 1. The van der Waals surface area contributed by atoms with E-state index in [1.165, 1.54) is 18.9 Å². The lowest BCUT2D eigenvalue weighted by atomic mass is 10.2. The van der Waals surface area contributed by atoms with Crippen LogP contribution in [0, 0.1) is 0 Å². The van der Waals surface area contributed by atoms with Crippen LogP contribution in [-0.2, 0) is 4.79 Å². The number of nitrogens with zero attached hydrogens (tertiary/aromatic N) is 1. The van der Waals surface area contributed by atoms with E-state index in [9.17, 15) is 9.90 Å². The average Bonchev–Trinajstić information content (AvgIpc) is 2.76. The molecule has 1 aromatic carbocycles. The number of carbonyl (C=O) groups excluding carboxylic acids is 1. The van der Waals surface area contributed by atoms with Crippen LogP contribution in [0.4, 0.5) is 0 Å². The first-order valence-electron chi connectivity index (χ1n) is 7.19. The Hall–Kier alpha value is -1.53. The predicted molar refractivity (Wildman–Crippen MR) is 94.1 cm³/mol. The summed E-state index contributed by atoms with van der Waals surface area (Å²) in [5, 5.41) is 9.61. The number of benzene rings is 1. The van der Waals surface area contributed by atoms with Crippen molar-refractivity contribution in [2.75, 3.05) is 13.7 Å². The van der Waals surface area contributed by atoms with Crippen molar-refractivity contribution in [3.63, 3.8) is 0 Å². The Bertz CT molecular complexity index is 613. The molecule has 1 fully saturated rings. The molecule has 1 heterocycles. The van der Waals surface area contributed by atoms with E-state index in [1.807, 2.05) is 0 Å². The number of phenolic OH excluding ortho intramolecular Hbond substituents is 1. The summed E-state index contributed by atoms with van der Waals surface area (Å²) in [5.41, 5.74) is 0.795. The minimum absolute atomic E-state index is 0.0434. The molecule has 22 heavy (non-hydrogen) atoms. The summed E-state index contributed by atoms with van der Waals surface area (Å²) in [7, 11) is 1.49. The number of rotatable bonds is 6. The van der Waals surface area contributed by atoms with Gasteiger partial charge in [0.1, 0.15) is 4.32 Å². The molecule has 0 unspecified atom stereocenters. The Morgan fingerprint density at radius 1 is 1.41 bits per heavy atom. The highest BCUT2D eigenvalue weighted by atomic mass is 32.2. The molecule has 1 N–H and O–H groups in total. The molecule has 0 aliphatic carbocycles. The smallest absolute Gasteiger partial charge is 0.266 e. The Kier molecular flexibility index (Phi) is 5.85. The third-order valence-electron chi connectivity index (χ3n) is 3.36. The van der Waals surface area contributed by atoms with E-state index >= 15 is 0 Å². The van der Waals surface area contributed by atoms with Crippen molar-refractivity contribution in [2.45, 2.75) is 26.2 Å². The van der Waals surface area contributed by atoms with E-state index in [0.717, 1.165) is 24.8 Å². The molecule has 1 aliphatic heterocycles. The van der Waals surface area contributed by atoms with Crippen molar-refractivity contribution < 1.29 is 14.6 Å². The largest absolute Gasteiger partial charge is 0.504 e. The summed E-state index contributed by atoms with van der Waals surface area (Å²) in [5.74, 6) is 0.414. The van der Waals surface area contributed by atoms with Crippen molar-refractivity contribution in [1.29, 1.82) is 0 Å². The molecule has 1 aromatic rings. The van der Waals surface area contributed by atoms with Gasteiger partial charge in [-0.15, -0.1) is 0 Å². The number of ether oxygens (including phenoxy) is 1. The lowest BCUT2D eigenvalue weighted by Gasteiger charge is -2.13. The highest BCUT2D eigenvalue weighted by Gasteiger charge is 2.31. The van der Waals surface area contributed by atoms with Crippen molar-refractivity contribution >= 4 is 40.3 Å². The number of hydrogen-bond acceptors (Lipinski definition) is 5. The highest BCUT2D eigenvalue weighted by molar-refractivity contribution is 8.26. The van der Waals surface area contributed by atoms with Gasteiger partial charge in [-0.1, -0.05) is 49.8 Å². The lowest BCUT2D eigenvalue weighted by Crippen LogP contribution is -2.28. The minimum Gasteiger partial charge on any atom is -0.504 e. The Morgan fingerprint density at radius 2 is 2.18 bits per heavy atom. The molecule has 0 spiro atoms. The Balaban J connectivity index is 2.15. The van der Waals surface area contributed by atoms with Crippen LogP contribution in [0.1, 0.15) is 31.7 Å². The molecule has 1 saturated heterocycles. The minimum atomic E-state index is -0.0434. The summed E-state index contributed by atoms with van der Waals surface area (Å²) in [6.45, 7) is 2.80. The van der Waals surface area contributed by atoms with Gasteiger partial charge in [0.15, 0.2) is 11.5 Å². The standard InChI is InChI=1S/C16H19NO3S2/c1-3-4-5-8-17-15(19)14(22-16(17)21)10-11-6-7-12(18)13(9-11)20-2/h6-7,9-10,18H,3-5,8H2,1-2H3. The fraction of sp³-hybridized carbons (Fsp3) is 0.375. The maximum absolute atomic E-state index is 12.4. The van der Waals surface area contributed by atoms with Crippen LogP contribution in [0.5, 0.6) is 11.5 Å². The maximum atomic E-state index is 12.4. The average molecular weight is 337 g/mol. The summed E-state index contributed by atoms with van der Waals surface area (Å²) < 4.78 is 5.69. The second-order valence-corrected chi connectivity index (χ2v) is 6.65. The molecule has 4 nitrogen and oxygen atoms in total. The molecule has 118 valence electrons. The van der Waals surface area contributed by atoms with Crippen LogP contribution in [0.15, 0.2) is 23.1 Å². The van der Waals surface area contributed by atoms with Crippen LogP contribution in [0.2, 0.25) is 0 Å². The summed E-state index contributed by atoms with van der Waals surface area (Å²) in [6.07, 6.45) is 4.94. The van der Waals surface area contributed by atoms with E-state index in [-0.39, 0.29) is 11.7 Å². The third-order valence-corrected chi connectivity index (χ3v) is 4.74. The molecule has 2 rings (SSSR count). The molecule has 6 heteroatoms. The number of carbonyl (C=O) groups is 1. The fourth-order valence-electron chi connectivity index (χ4n) is 2.15. The van der Waals surface area contributed by atoms with E-state index < -0.39 is 0 Å². The number of methoxy groups -OCH3 is 1. The summed E-state index contributed by atoms with van der Waals surface area (Å²) in [6, 6.07) is 4.98. The van der Waals surface area contributed by atoms with Gasteiger partial charge in [-0.3, -0.25) is 9.69 Å². The van der Waals surface area contributed by atoms with Crippen molar-refractivity contribution in [3.05, 3.63) is 28.7 Å². The van der Waals surface area contributed by atoms with Gasteiger partial charge >= 0.3 is 0 Å². The number of unbranched alkanes of at least 4 members (excludes halogenated alkanes) is 2. The van der Waals surface area contributed by atoms with Gasteiger partial charge < -0.3 is 9.84 Å². The molecule has 0 radical (unpaired) electrons. The molecule has 0 aromatic heterocycles. The quantitative estimate of drug-likeness (QED) is 0.486. The van der Waals surface area contributed by atoms with Crippen LogP contribution < -0.4 is 4.74 Å². The maximum Gasteiger partial charge on any atom is 0.266 e. The van der Waals surface area contributed by atoms with E-state index in [0.29, 0.717) is 21.5 Å². The summed E-state index contributed by atoms with van der Waals surface area (Å²) in [4.78, 5) is 14.7. The lowest BCUT2D eigenvalue weighted by molar-refractivity contribution is -0.122.